The molecule has 0 atom stereocenters. The van der Waals surface area contributed by atoms with Crippen molar-refractivity contribution in [2.45, 2.75) is 12.7 Å². The van der Waals surface area contributed by atoms with E-state index in [1.165, 1.54) is 23.5 Å². The lowest BCUT2D eigenvalue weighted by atomic mass is 10.1. The maximum absolute atomic E-state index is 12.7. The van der Waals surface area contributed by atoms with Gasteiger partial charge in [0.15, 0.2) is 5.13 Å². The topological polar surface area (TPSA) is 54.0 Å². The van der Waals surface area contributed by atoms with Crippen LogP contribution >= 0.6 is 11.3 Å². The number of amides is 1. The van der Waals surface area contributed by atoms with Crippen molar-refractivity contribution in [1.29, 1.82) is 0 Å². The highest BCUT2D eigenvalue weighted by Crippen LogP contribution is 2.29. The Morgan fingerprint density at radius 2 is 1.85 bits per heavy atom. The zero-order valence-electron chi connectivity index (χ0n) is 13.4. The molecule has 1 aromatic heterocycles. The van der Waals surface area contributed by atoms with Gasteiger partial charge in [0.2, 0.25) is 0 Å². The fourth-order valence-electron chi connectivity index (χ4n) is 2.21. The van der Waals surface area contributed by atoms with E-state index < -0.39 is 17.6 Å². The van der Waals surface area contributed by atoms with Gasteiger partial charge in [0.05, 0.1) is 5.56 Å². The van der Waals surface area contributed by atoms with Crippen molar-refractivity contribution in [3.63, 3.8) is 0 Å². The Labute approximate surface area is 151 Å². The second-order valence-corrected chi connectivity index (χ2v) is 6.27. The van der Waals surface area contributed by atoms with E-state index >= 15 is 0 Å². The Morgan fingerprint density at radius 3 is 2.58 bits per heavy atom. The maximum Gasteiger partial charge on any atom is 0.416 e. The van der Waals surface area contributed by atoms with E-state index in [4.69, 9.17) is 0 Å². The summed E-state index contributed by atoms with van der Waals surface area (Å²) in [7, 11) is 0. The number of halogens is 3. The summed E-state index contributed by atoms with van der Waals surface area (Å²) in [6.45, 7) is -0.0122. The number of nitrogens with zero attached hydrogens (tertiary/aromatic N) is 1. The quantitative estimate of drug-likeness (QED) is 0.669. The number of rotatable bonds is 5. The minimum atomic E-state index is -4.41. The summed E-state index contributed by atoms with van der Waals surface area (Å²) in [5.41, 5.74) is 0.677. The van der Waals surface area contributed by atoms with Crippen LogP contribution in [0.3, 0.4) is 0 Å². The smallest absolute Gasteiger partial charge is 0.347 e. The highest BCUT2D eigenvalue weighted by Gasteiger charge is 2.30. The minimum absolute atomic E-state index is 0.0122. The lowest BCUT2D eigenvalue weighted by Crippen LogP contribution is -2.23. The molecule has 0 aliphatic carbocycles. The molecular weight excluding hydrogens is 363 g/mol. The molecule has 0 spiro atoms. The molecule has 4 nitrogen and oxygen atoms in total. The summed E-state index contributed by atoms with van der Waals surface area (Å²) in [6.07, 6.45) is -4.41. The second kappa shape index (κ2) is 7.57. The average Bonchev–Trinajstić information content (AvgIpc) is 3.09. The Bertz CT molecular complexity index is 894. The third kappa shape index (κ3) is 4.60. The molecule has 0 unspecified atom stereocenters. The first kappa shape index (κ1) is 17.9. The maximum atomic E-state index is 12.7. The number of para-hydroxylation sites is 1. The summed E-state index contributed by atoms with van der Waals surface area (Å²) in [5, 5.41) is 7.81. The molecule has 2 aromatic carbocycles. The number of carbonyl (C=O) groups is 1. The van der Waals surface area contributed by atoms with Gasteiger partial charge in [0, 0.05) is 17.6 Å². The van der Waals surface area contributed by atoms with Gasteiger partial charge in [-0.05, 0) is 29.8 Å². The molecule has 1 amide bonds. The first-order valence-corrected chi connectivity index (χ1v) is 8.52. The van der Waals surface area contributed by atoms with Crippen LogP contribution in [-0.2, 0) is 12.7 Å². The third-order valence-corrected chi connectivity index (χ3v) is 4.23. The van der Waals surface area contributed by atoms with Crippen LogP contribution in [0, 0.1) is 0 Å². The normalized spacial score (nSPS) is 11.2. The molecule has 134 valence electrons. The molecule has 0 saturated heterocycles. The van der Waals surface area contributed by atoms with Crippen LogP contribution in [0.1, 0.15) is 21.6 Å². The number of nitrogens with one attached hydrogen (secondary N) is 2. The van der Waals surface area contributed by atoms with Crippen molar-refractivity contribution in [2.75, 3.05) is 5.32 Å². The lowest BCUT2D eigenvalue weighted by molar-refractivity contribution is -0.137. The number of anilines is 2. The summed E-state index contributed by atoms with van der Waals surface area (Å²) < 4.78 is 38.1. The summed E-state index contributed by atoms with van der Waals surface area (Å²) in [4.78, 5) is 16.3. The Morgan fingerprint density at radius 1 is 1.08 bits per heavy atom. The van der Waals surface area contributed by atoms with Gasteiger partial charge in [-0.2, -0.15) is 13.2 Å². The number of benzene rings is 2. The van der Waals surface area contributed by atoms with Crippen molar-refractivity contribution >= 4 is 28.1 Å². The first-order chi connectivity index (χ1) is 12.4. The van der Waals surface area contributed by atoms with Crippen molar-refractivity contribution < 1.29 is 18.0 Å². The molecule has 0 saturated carbocycles. The van der Waals surface area contributed by atoms with Crippen LogP contribution in [-0.4, -0.2) is 10.9 Å². The van der Waals surface area contributed by atoms with Crippen molar-refractivity contribution in [3.8, 4) is 0 Å². The van der Waals surface area contributed by atoms with E-state index in [2.05, 4.69) is 15.6 Å². The fourth-order valence-corrected chi connectivity index (χ4v) is 2.92. The summed E-state index contributed by atoms with van der Waals surface area (Å²) >= 11 is 1.27. The molecule has 8 heteroatoms. The molecule has 3 aromatic rings. The number of alkyl halides is 3. The number of thiazole rings is 1. The molecular formula is C18H14F3N3OS. The van der Waals surface area contributed by atoms with Gasteiger partial charge in [0.25, 0.3) is 5.91 Å². The molecule has 0 bridgehead atoms. The lowest BCUT2D eigenvalue weighted by Gasteiger charge is -2.09. The predicted octanol–water partition coefficient (Wildman–Crippen LogP) is 4.84. The average molecular weight is 377 g/mol. The number of hydrogen-bond acceptors (Lipinski definition) is 4. The molecule has 0 radical (unpaired) electrons. The van der Waals surface area contributed by atoms with Gasteiger partial charge < -0.3 is 10.6 Å². The van der Waals surface area contributed by atoms with Crippen LogP contribution in [0.4, 0.5) is 24.0 Å². The molecule has 26 heavy (non-hydrogen) atoms. The predicted molar refractivity (Wildman–Crippen MR) is 94.5 cm³/mol. The first-order valence-electron chi connectivity index (χ1n) is 7.64. The highest BCUT2D eigenvalue weighted by atomic mass is 32.1. The van der Waals surface area contributed by atoms with Gasteiger partial charge in [-0.15, -0.1) is 11.3 Å². The molecule has 3 rings (SSSR count). The number of hydrogen-bond donors (Lipinski definition) is 2. The minimum Gasteiger partial charge on any atom is -0.347 e. The van der Waals surface area contributed by atoms with E-state index in [0.717, 1.165) is 17.8 Å². The summed E-state index contributed by atoms with van der Waals surface area (Å²) in [5.74, 6) is -0.445. The zero-order chi connectivity index (χ0) is 18.6. The van der Waals surface area contributed by atoms with Crippen LogP contribution in [0.15, 0.2) is 60.0 Å². The van der Waals surface area contributed by atoms with E-state index in [-0.39, 0.29) is 12.2 Å². The van der Waals surface area contributed by atoms with Gasteiger partial charge >= 0.3 is 6.18 Å². The van der Waals surface area contributed by atoms with E-state index in [1.54, 1.807) is 5.38 Å². The van der Waals surface area contributed by atoms with Crippen molar-refractivity contribution in [3.05, 3.63) is 76.8 Å². The summed E-state index contributed by atoms with van der Waals surface area (Å²) in [6, 6.07) is 14.2. The standard InChI is InChI=1S/C18H14F3N3OS/c19-18(20,21)13-6-4-5-12(9-13)10-22-16(25)15-11-26-17(24-15)23-14-7-2-1-3-8-14/h1-9,11H,10H2,(H,22,25)(H,23,24). The van der Waals surface area contributed by atoms with Crippen LogP contribution in [0.2, 0.25) is 0 Å². The Hall–Kier alpha value is -2.87. The molecule has 0 fully saturated rings. The fraction of sp³-hybridized carbons (Fsp3) is 0.111. The van der Waals surface area contributed by atoms with Crippen LogP contribution in [0.5, 0.6) is 0 Å². The Kier molecular flexibility index (Phi) is 5.22. The van der Waals surface area contributed by atoms with Crippen molar-refractivity contribution in [1.82, 2.24) is 10.3 Å². The molecule has 0 aliphatic heterocycles. The monoisotopic (exact) mass is 377 g/mol. The van der Waals surface area contributed by atoms with E-state index in [1.807, 2.05) is 30.3 Å². The second-order valence-electron chi connectivity index (χ2n) is 5.41. The highest BCUT2D eigenvalue weighted by molar-refractivity contribution is 7.14. The van der Waals surface area contributed by atoms with Gasteiger partial charge in [-0.1, -0.05) is 30.3 Å². The van der Waals surface area contributed by atoms with Crippen LogP contribution in [0.25, 0.3) is 0 Å². The number of aromatic nitrogens is 1. The van der Waals surface area contributed by atoms with Crippen LogP contribution < -0.4 is 10.6 Å². The molecule has 1 heterocycles. The number of carbonyl (C=O) groups excluding carboxylic acids is 1. The van der Waals surface area contributed by atoms with E-state index in [9.17, 15) is 18.0 Å². The van der Waals surface area contributed by atoms with Crippen molar-refractivity contribution in [2.24, 2.45) is 0 Å². The Balaban J connectivity index is 1.61. The SMILES string of the molecule is O=C(NCc1cccc(C(F)(F)F)c1)c1csc(Nc2ccccc2)n1. The zero-order valence-corrected chi connectivity index (χ0v) is 14.2. The van der Waals surface area contributed by atoms with E-state index in [0.29, 0.717) is 10.7 Å². The van der Waals surface area contributed by atoms with Gasteiger partial charge in [-0.25, -0.2) is 4.98 Å². The molecule has 0 aliphatic rings. The van der Waals surface area contributed by atoms with Gasteiger partial charge in [-0.3, -0.25) is 4.79 Å². The van der Waals surface area contributed by atoms with Gasteiger partial charge in [0.1, 0.15) is 5.69 Å². The third-order valence-electron chi connectivity index (χ3n) is 3.47. The largest absolute Gasteiger partial charge is 0.416 e. The molecule has 2 N–H and O–H groups in total.